The molecular weight excluding hydrogens is 464 g/mol. The molecule has 1 aromatic rings. The van der Waals surface area contributed by atoms with Gasteiger partial charge in [-0.2, -0.15) is 13.2 Å². The number of carbonyl (C=O) groups excluding carboxylic acids is 1. The average Bonchev–Trinajstić information content (AvgIpc) is 3.16. The Morgan fingerprint density at radius 1 is 1.07 bits per heavy atom. The van der Waals surface area contributed by atoms with Gasteiger partial charge < -0.3 is 4.74 Å². The number of benzene rings is 1. The van der Waals surface area contributed by atoms with E-state index in [1.54, 1.807) is 0 Å². The molecule has 0 aromatic heterocycles. The van der Waals surface area contributed by atoms with Crippen LogP contribution in [0.4, 0.5) is 30.7 Å². The van der Waals surface area contributed by atoms with Crippen LogP contribution in [0.5, 0.6) is 0 Å². The number of esters is 1. The summed E-state index contributed by atoms with van der Waals surface area (Å²) in [7, 11) is 0. The molecule has 2 nitrogen and oxygen atoms in total. The van der Waals surface area contributed by atoms with Crippen molar-refractivity contribution in [2.75, 3.05) is 0 Å². The molecule has 1 saturated carbocycles. The van der Waals surface area contributed by atoms with E-state index in [9.17, 15) is 35.5 Å². The molecule has 166 valence electrons. The lowest BCUT2D eigenvalue weighted by atomic mass is 10.1. The lowest BCUT2D eigenvalue weighted by Crippen LogP contribution is -2.15. The van der Waals surface area contributed by atoms with Crippen LogP contribution in [0.25, 0.3) is 0 Å². The summed E-state index contributed by atoms with van der Waals surface area (Å²) < 4.78 is 98.9. The van der Waals surface area contributed by atoms with Crippen molar-refractivity contribution in [3.05, 3.63) is 57.1 Å². The molecule has 0 radical (unpaired) electrons. The zero-order chi connectivity index (χ0) is 23.2. The van der Waals surface area contributed by atoms with Crippen molar-refractivity contribution in [2.24, 2.45) is 17.3 Å². The van der Waals surface area contributed by atoms with Crippen LogP contribution in [0, 0.1) is 40.5 Å². The molecule has 1 fully saturated rings. The quantitative estimate of drug-likeness (QED) is 0.263. The van der Waals surface area contributed by atoms with Gasteiger partial charge in [0.15, 0.2) is 23.3 Å². The van der Waals surface area contributed by atoms with Crippen LogP contribution in [0.3, 0.4) is 0 Å². The summed E-state index contributed by atoms with van der Waals surface area (Å²) in [6.07, 6.45) is -4.81. The van der Waals surface area contributed by atoms with Crippen molar-refractivity contribution in [2.45, 2.75) is 33.1 Å². The Morgan fingerprint density at radius 3 is 1.97 bits per heavy atom. The largest absolute Gasteiger partial charge is 0.460 e. The van der Waals surface area contributed by atoms with E-state index >= 15 is 0 Å². The fourth-order valence-corrected chi connectivity index (χ4v) is 3.39. The highest BCUT2D eigenvalue weighted by molar-refractivity contribution is 6.30. The SMILES string of the molecule is C=C(Cl)Cc1c(F)c(F)c(COC(=O)[C@@H]2[C@H](C=C(Cl)C(F)(F)F)C2(C)C)c(F)c1F. The molecule has 0 aliphatic heterocycles. The second-order valence-corrected chi connectivity index (χ2v) is 8.29. The summed E-state index contributed by atoms with van der Waals surface area (Å²) in [5.74, 6) is -10.1. The molecule has 2 atom stereocenters. The summed E-state index contributed by atoms with van der Waals surface area (Å²) >= 11 is 10.6. The standard InChI is InChI=1S/C19H15Cl2F7O2/c1-7(20)4-8-13(22)15(24)9(16(25)14(8)23)6-30-17(29)12-10(18(12,2)3)5-11(21)19(26,27)28/h5,10,12H,1,4,6H2,2-3H3/t10-,12-/m0/s1. The zero-order valence-corrected chi connectivity index (χ0v) is 17.1. The van der Waals surface area contributed by atoms with Crippen molar-refractivity contribution in [1.82, 2.24) is 0 Å². The van der Waals surface area contributed by atoms with Crippen molar-refractivity contribution < 1.29 is 40.3 Å². The zero-order valence-electron chi connectivity index (χ0n) is 15.6. The van der Waals surface area contributed by atoms with Gasteiger partial charge in [0.25, 0.3) is 0 Å². The summed E-state index contributed by atoms with van der Waals surface area (Å²) in [4.78, 5) is 12.2. The van der Waals surface area contributed by atoms with E-state index in [-0.39, 0.29) is 5.03 Å². The van der Waals surface area contributed by atoms with Crippen LogP contribution < -0.4 is 0 Å². The van der Waals surface area contributed by atoms with Crippen molar-refractivity contribution >= 4 is 29.2 Å². The van der Waals surface area contributed by atoms with Crippen LogP contribution in [0.1, 0.15) is 25.0 Å². The first-order valence-electron chi connectivity index (χ1n) is 8.38. The topological polar surface area (TPSA) is 26.3 Å². The highest BCUT2D eigenvalue weighted by Crippen LogP contribution is 2.60. The number of hydrogen-bond acceptors (Lipinski definition) is 2. The van der Waals surface area contributed by atoms with Gasteiger partial charge in [0.05, 0.1) is 11.5 Å². The number of halogens is 9. The fraction of sp³-hybridized carbons (Fsp3) is 0.421. The van der Waals surface area contributed by atoms with E-state index in [2.05, 4.69) is 6.58 Å². The van der Waals surface area contributed by atoms with E-state index in [0.717, 1.165) is 0 Å². The highest BCUT2D eigenvalue weighted by atomic mass is 35.5. The van der Waals surface area contributed by atoms with Crippen molar-refractivity contribution in [3.8, 4) is 0 Å². The third-order valence-electron chi connectivity index (χ3n) is 4.93. The highest BCUT2D eigenvalue weighted by Gasteiger charge is 2.62. The summed E-state index contributed by atoms with van der Waals surface area (Å²) in [6, 6.07) is 0. The molecule has 0 saturated heterocycles. The lowest BCUT2D eigenvalue weighted by molar-refractivity contribution is -0.147. The monoisotopic (exact) mass is 478 g/mol. The Balaban J connectivity index is 2.20. The number of carbonyl (C=O) groups is 1. The second kappa shape index (κ2) is 8.42. The summed E-state index contributed by atoms with van der Waals surface area (Å²) in [5, 5.41) is -1.69. The molecule has 0 bridgehead atoms. The van der Waals surface area contributed by atoms with Gasteiger partial charge in [0.2, 0.25) is 0 Å². The molecule has 0 N–H and O–H groups in total. The Morgan fingerprint density at radius 2 is 1.53 bits per heavy atom. The van der Waals surface area contributed by atoms with E-state index in [4.69, 9.17) is 27.9 Å². The van der Waals surface area contributed by atoms with E-state index in [1.165, 1.54) is 13.8 Å². The first kappa shape index (κ1) is 24.5. The van der Waals surface area contributed by atoms with Crippen LogP contribution >= 0.6 is 23.2 Å². The molecular formula is C19H15Cl2F7O2. The predicted octanol–water partition coefficient (Wildman–Crippen LogP) is 6.54. The minimum Gasteiger partial charge on any atom is -0.460 e. The first-order valence-corrected chi connectivity index (χ1v) is 9.14. The Labute approximate surface area is 177 Å². The van der Waals surface area contributed by atoms with E-state index in [0.29, 0.717) is 6.08 Å². The number of alkyl halides is 3. The van der Waals surface area contributed by atoms with Crippen LogP contribution in [0.2, 0.25) is 0 Å². The molecule has 0 heterocycles. The van der Waals surface area contributed by atoms with Gasteiger partial charge >= 0.3 is 12.1 Å². The average molecular weight is 479 g/mol. The summed E-state index contributed by atoms with van der Waals surface area (Å²) in [5.41, 5.74) is -3.13. The molecule has 1 aromatic carbocycles. The van der Waals surface area contributed by atoms with Crippen LogP contribution in [-0.2, 0) is 22.6 Å². The van der Waals surface area contributed by atoms with Crippen LogP contribution in [-0.4, -0.2) is 12.1 Å². The Bertz CT molecular complexity index is 893. The first-order chi connectivity index (χ1) is 13.6. The molecule has 0 spiro atoms. The third-order valence-corrected chi connectivity index (χ3v) is 5.41. The van der Waals surface area contributed by atoms with Gasteiger partial charge in [-0.1, -0.05) is 49.7 Å². The minimum absolute atomic E-state index is 0.265. The van der Waals surface area contributed by atoms with Gasteiger partial charge in [0.1, 0.15) is 11.6 Å². The van der Waals surface area contributed by atoms with Crippen LogP contribution in [0.15, 0.2) is 22.7 Å². The van der Waals surface area contributed by atoms with Gasteiger partial charge in [-0.15, -0.1) is 0 Å². The number of ether oxygens (including phenoxy) is 1. The van der Waals surface area contributed by atoms with Crippen molar-refractivity contribution in [1.29, 1.82) is 0 Å². The smallest absolute Gasteiger partial charge is 0.426 e. The predicted molar refractivity (Wildman–Crippen MR) is 95.5 cm³/mol. The second-order valence-electron chi connectivity index (χ2n) is 7.35. The number of rotatable bonds is 6. The molecule has 11 heteroatoms. The molecule has 0 amide bonds. The maximum Gasteiger partial charge on any atom is 0.426 e. The maximum absolute atomic E-state index is 14.2. The Hall–Kier alpha value is -1.74. The lowest BCUT2D eigenvalue weighted by Gasteiger charge is -2.12. The van der Waals surface area contributed by atoms with E-state index < -0.39 is 81.9 Å². The maximum atomic E-state index is 14.2. The van der Waals surface area contributed by atoms with E-state index in [1.807, 2.05) is 0 Å². The molecule has 1 aliphatic carbocycles. The minimum atomic E-state index is -4.80. The number of hydrogen-bond donors (Lipinski definition) is 0. The van der Waals surface area contributed by atoms with Gasteiger partial charge in [-0.3, -0.25) is 4.79 Å². The molecule has 0 unspecified atom stereocenters. The van der Waals surface area contributed by atoms with Crippen molar-refractivity contribution in [3.63, 3.8) is 0 Å². The Kier molecular flexibility index (Phi) is 6.88. The third kappa shape index (κ3) is 4.77. The van der Waals surface area contributed by atoms with Gasteiger partial charge in [0, 0.05) is 17.0 Å². The molecule has 30 heavy (non-hydrogen) atoms. The molecule has 2 rings (SSSR count). The normalized spacial score (nSPS) is 20.8. The van der Waals surface area contributed by atoms with Gasteiger partial charge in [-0.25, -0.2) is 17.6 Å². The molecule has 1 aliphatic rings. The fourth-order valence-electron chi connectivity index (χ4n) is 3.12. The van der Waals surface area contributed by atoms with Gasteiger partial charge in [-0.05, 0) is 11.3 Å². The number of allylic oxidation sites excluding steroid dienone is 3. The summed E-state index contributed by atoms with van der Waals surface area (Å²) in [6.45, 7) is 4.96.